The summed E-state index contributed by atoms with van der Waals surface area (Å²) in [5.74, 6) is 0. The van der Waals surface area contributed by atoms with E-state index in [2.05, 4.69) is 20.8 Å². The van der Waals surface area contributed by atoms with Gasteiger partial charge in [0.15, 0.2) is 0 Å². The van der Waals surface area contributed by atoms with Crippen LogP contribution in [0.5, 0.6) is 0 Å². The summed E-state index contributed by atoms with van der Waals surface area (Å²) in [5.41, 5.74) is 0. The summed E-state index contributed by atoms with van der Waals surface area (Å²) in [6.07, 6.45) is 7.62. The quantitative estimate of drug-likeness (QED) is 0.609. The smallest absolute Gasteiger partial charge is 0.0586 e. The fraction of sp³-hybridized carbons (Fsp3) is 1.00. The maximum atomic E-state index is 9.29. The summed E-state index contributed by atoms with van der Waals surface area (Å²) in [5, 5.41) is 10.4. The number of aliphatic hydroxyl groups excluding tert-OH is 1. The predicted octanol–water partition coefficient (Wildman–Crippen LogP) is 2.40. The zero-order valence-corrected chi connectivity index (χ0v) is 10.5. The molecule has 0 bridgehead atoms. The third-order valence-electron chi connectivity index (χ3n) is 3.04. The number of aliphatic hydroxyl groups is 1. The molecule has 1 fully saturated rings. The molecule has 1 unspecified atom stereocenters. The van der Waals surface area contributed by atoms with Crippen LogP contribution in [0.2, 0.25) is 0 Å². The molecule has 0 aromatic carbocycles. The van der Waals surface area contributed by atoms with Crippen LogP contribution in [0.3, 0.4) is 0 Å². The summed E-state index contributed by atoms with van der Waals surface area (Å²) < 4.78 is 0. The average molecular weight is 264 g/mol. The molecule has 1 N–H and O–H groups in total. The van der Waals surface area contributed by atoms with Crippen molar-refractivity contribution in [1.82, 2.24) is 4.90 Å². The third-order valence-corrected chi connectivity index (χ3v) is 3.60. The second kappa shape index (κ2) is 7.66. The number of halogens is 1. The molecule has 1 heterocycles. The van der Waals surface area contributed by atoms with Crippen LogP contribution >= 0.6 is 15.9 Å². The summed E-state index contributed by atoms with van der Waals surface area (Å²) in [4.78, 5) is 2.48. The van der Waals surface area contributed by atoms with Gasteiger partial charge >= 0.3 is 0 Å². The van der Waals surface area contributed by atoms with Crippen LogP contribution in [0, 0.1) is 0 Å². The van der Waals surface area contributed by atoms with Crippen LogP contribution in [-0.4, -0.2) is 41.1 Å². The average Bonchev–Trinajstić information content (AvgIpc) is 2.43. The van der Waals surface area contributed by atoms with Gasteiger partial charge in [0.25, 0.3) is 0 Å². The van der Waals surface area contributed by atoms with Gasteiger partial charge in [-0.3, -0.25) is 4.90 Å². The van der Waals surface area contributed by atoms with Crippen molar-refractivity contribution in [2.24, 2.45) is 0 Å². The number of alkyl halides is 1. The Morgan fingerprint density at radius 3 is 2.79 bits per heavy atom. The maximum absolute atomic E-state index is 9.29. The molecule has 1 aliphatic heterocycles. The number of rotatable bonds is 5. The van der Waals surface area contributed by atoms with Gasteiger partial charge in [-0.2, -0.15) is 0 Å². The van der Waals surface area contributed by atoms with Crippen LogP contribution in [-0.2, 0) is 0 Å². The molecule has 0 radical (unpaired) electrons. The predicted molar refractivity (Wildman–Crippen MR) is 63.9 cm³/mol. The van der Waals surface area contributed by atoms with E-state index in [1.54, 1.807) is 0 Å². The van der Waals surface area contributed by atoms with Gasteiger partial charge < -0.3 is 5.11 Å². The Morgan fingerprint density at radius 1 is 1.21 bits per heavy atom. The first-order valence-corrected chi connectivity index (χ1v) is 6.91. The van der Waals surface area contributed by atoms with Crippen LogP contribution in [0.1, 0.15) is 38.5 Å². The highest BCUT2D eigenvalue weighted by molar-refractivity contribution is 9.09. The molecule has 0 aromatic heterocycles. The van der Waals surface area contributed by atoms with E-state index in [1.807, 2.05) is 0 Å². The highest BCUT2D eigenvalue weighted by Gasteiger charge is 2.19. The second-order valence-corrected chi connectivity index (χ2v) is 4.91. The van der Waals surface area contributed by atoms with Crippen molar-refractivity contribution in [1.29, 1.82) is 0 Å². The molecule has 0 saturated carbocycles. The zero-order chi connectivity index (χ0) is 10.2. The van der Waals surface area contributed by atoms with Crippen molar-refractivity contribution < 1.29 is 5.11 Å². The lowest BCUT2D eigenvalue weighted by molar-refractivity contribution is 0.123. The van der Waals surface area contributed by atoms with Crippen molar-refractivity contribution >= 4 is 15.9 Å². The fourth-order valence-electron chi connectivity index (χ4n) is 2.15. The molecule has 0 amide bonds. The van der Waals surface area contributed by atoms with Gasteiger partial charge in [-0.25, -0.2) is 0 Å². The molecule has 0 aliphatic carbocycles. The lowest BCUT2D eigenvalue weighted by Gasteiger charge is -2.28. The molecule has 1 atom stereocenters. The summed E-state index contributed by atoms with van der Waals surface area (Å²) in [6.45, 7) is 2.69. The van der Waals surface area contributed by atoms with Gasteiger partial charge in [0, 0.05) is 11.4 Å². The minimum Gasteiger partial charge on any atom is -0.395 e. The van der Waals surface area contributed by atoms with E-state index >= 15 is 0 Å². The van der Waals surface area contributed by atoms with Gasteiger partial charge in [0.2, 0.25) is 0 Å². The van der Waals surface area contributed by atoms with Gasteiger partial charge in [-0.15, -0.1) is 0 Å². The molecule has 0 spiro atoms. The Balaban J connectivity index is 2.28. The number of unbranched alkanes of at least 4 members (excludes halogenated alkanes) is 1. The Kier molecular flexibility index (Phi) is 6.82. The maximum Gasteiger partial charge on any atom is 0.0586 e. The molecule has 14 heavy (non-hydrogen) atoms. The molecule has 1 saturated heterocycles. The zero-order valence-electron chi connectivity index (χ0n) is 8.92. The molecule has 3 heteroatoms. The Hall–Kier alpha value is 0.400. The van der Waals surface area contributed by atoms with Gasteiger partial charge in [0.05, 0.1) is 6.61 Å². The van der Waals surface area contributed by atoms with E-state index < -0.39 is 0 Å². The lowest BCUT2D eigenvalue weighted by Crippen LogP contribution is -2.38. The minimum atomic E-state index is 0.342. The van der Waals surface area contributed by atoms with Crippen LogP contribution in [0.25, 0.3) is 0 Å². The monoisotopic (exact) mass is 263 g/mol. The number of likely N-dealkylation sites (tertiary alicyclic amines) is 1. The number of nitrogens with zero attached hydrogens (tertiary/aromatic N) is 1. The molecule has 1 aliphatic rings. The van der Waals surface area contributed by atoms with Gasteiger partial charge in [0.1, 0.15) is 0 Å². The SMILES string of the molecule is OCC1CCCCCN1CCCCBr. The van der Waals surface area contributed by atoms with Crippen molar-refractivity contribution in [3.63, 3.8) is 0 Å². The molecule has 1 rings (SSSR count). The Bertz CT molecular complexity index is 143. The van der Waals surface area contributed by atoms with Crippen molar-refractivity contribution in [3.05, 3.63) is 0 Å². The minimum absolute atomic E-state index is 0.342. The van der Waals surface area contributed by atoms with Crippen LogP contribution < -0.4 is 0 Å². The highest BCUT2D eigenvalue weighted by Crippen LogP contribution is 2.16. The summed E-state index contributed by atoms with van der Waals surface area (Å²) in [7, 11) is 0. The third kappa shape index (κ3) is 4.28. The molecule has 84 valence electrons. The summed E-state index contributed by atoms with van der Waals surface area (Å²) >= 11 is 3.45. The van der Waals surface area contributed by atoms with Gasteiger partial charge in [-0.1, -0.05) is 28.8 Å². The van der Waals surface area contributed by atoms with Crippen molar-refractivity contribution in [2.75, 3.05) is 25.0 Å². The van der Waals surface area contributed by atoms with E-state index in [1.165, 1.54) is 45.1 Å². The molecular weight excluding hydrogens is 242 g/mol. The first-order valence-electron chi connectivity index (χ1n) is 5.79. The second-order valence-electron chi connectivity index (χ2n) is 4.12. The standard InChI is InChI=1S/C11H22BrNO/c12-7-3-5-9-13-8-4-1-2-6-11(13)10-14/h11,14H,1-10H2. The topological polar surface area (TPSA) is 23.5 Å². The van der Waals surface area contributed by atoms with Gasteiger partial charge in [-0.05, 0) is 38.8 Å². The molecule has 0 aromatic rings. The lowest BCUT2D eigenvalue weighted by atomic mass is 10.1. The van der Waals surface area contributed by atoms with E-state index in [4.69, 9.17) is 0 Å². The first-order chi connectivity index (χ1) is 6.88. The van der Waals surface area contributed by atoms with Crippen molar-refractivity contribution in [3.8, 4) is 0 Å². The molecule has 2 nitrogen and oxygen atoms in total. The normalized spacial score (nSPS) is 24.9. The van der Waals surface area contributed by atoms with Crippen LogP contribution in [0.15, 0.2) is 0 Å². The van der Waals surface area contributed by atoms with E-state index in [0.29, 0.717) is 12.6 Å². The largest absolute Gasteiger partial charge is 0.395 e. The van der Waals surface area contributed by atoms with E-state index in [9.17, 15) is 5.11 Å². The Labute approximate surface area is 95.8 Å². The van der Waals surface area contributed by atoms with E-state index in [-0.39, 0.29) is 0 Å². The van der Waals surface area contributed by atoms with Crippen molar-refractivity contribution in [2.45, 2.75) is 44.6 Å². The molecular formula is C11H22BrNO. The number of hydrogen-bond acceptors (Lipinski definition) is 2. The summed E-state index contributed by atoms with van der Waals surface area (Å²) in [6, 6.07) is 0.438. The van der Waals surface area contributed by atoms with E-state index in [0.717, 1.165) is 11.9 Å². The number of hydrogen-bond donors (Lipinski definition) is 1. The van der Waals surface area contributed by atoms with Crippen LogP contribution in [0.4, 0.5) is 0 Å². The fourth-order valence-corrected chi connectivity index (χ4v) is 2.54. The first kappa shape index (κ1) is 12.5. The Morgan fingerprint density at radius 2 is 2.07 bits per heavy atom. The highest BCUT2D eigenvalue weighted by atomic mass is 79.9.